The van der Waals surface area contributed by atoms with E-state index in [0.717, 1.165) is 5.56 Å². The first-order chi connectivity index (χ1) is 12.6. The summed E-state index contributed by atoms with van der Waals surface area (Å²) in [6.45, 7) is 0. The molecule has 7 heteroatoms. The van der Waals surface area contributed by atoms with Crippen LogP contribution in [0.5, 0.6) is 5.75 Å². The van der Waals surface area contributed by atoms with Crippen LogP contribution in [0.4, 0.5) is 0 Å². The Morgan fingerprint density at radius 3 is 2.50 bits per heavy atom. The molecule has 0 bridgehead atoms. The van der Waals surface area contributed by atoms with Gasteiger partial charge in [-0.1, -0.05) is 54.2 Å². The quantitative estimate of drug-likeness (QED) is 0.654. The first kappa shape index (κ1) is 17.8. The number of hydrogen-bond donors (Lipinski definition) is 1. The smallest absolute Gasteiger partial charge is 0.240 e. The fourth-order valence-corrected chi connectivity index (χ4v) is 4.49. The Hall–Kier alpha value is -2.98. The van der Waals surface area contributed by atoms with Gasteiger partial charge >= 0.3 is 0 Å². The third-order valence-corrected chi connectivity index (χ3v) is 5.71. The molecule has 2 aromatic carbocycles. The van der Waals surface area contributed by atoms with E-state index >= 15 is 0 Å². The van der Waals surface area contributed by atoms with E-state index in [9.17, 15) is 15.4 Å². The van der Waals surface area contributed by atoms with Crippen molar-refractivity contribution in [3.63, 3.8) is 0 Å². The first-order valence-corrected chi connectivity index (χ1v) is 8.83. The summed E-state index contributed by atoms with van der Waals surface area (Å²) in [6, 6.07) is 17.3. The molecule has 132 valence electrons. The minimum Gasteiger partial charge on any atom is -0.497 e. The van der Waals surface area contributed by atoms with E-state index in [1.807, 2.05) is 30.3 Å². The summed E-state index contributed by atoms with van der Waals surface area (Å²) in [5.41, 5.74) is 7.83. The molecule has 2 N–H and O–H groups in total. The number of nitrogens with two attached hydrogens (primary N) is 1. The van der Waals surface area contributed by atoms with Crippen LogP contribution in [-0.2, 0) is 0 Å². The molecule has 3 atom stereocenters. The topological polar surface area (TPSA) is 102 Å². The average molecular weight is 367 g/mol. The van der Waals surface area contributed by atoms with Gasteiger partial charge in [0.2, 0.25) is 6.04 Å². The van der Waals surface area contributed by atoms with Crippen LogP contribution in [0.15, 0.2) is 65.2 Å². The molecule has 0 fully saturated rings. The molecule has 0 amide bonds. The Morgan fingerprint density at radius 2 is 1.88 bits per heavy atom. The van der Waals surface area contributed by atoms with Crippen LogP contribution < -0.4 is 10.5 Å². The first-order valence-electron chi connectivity index (χ1n) is 7.95. The van der Waals surface area contributed by atoms with Crippen molar-refractivity contribution in [2.75, 3.05) is 7.11 Å². The second kappa shape index (κ2) is 7.50. The van der Waals surface area contributed by atoms with Crippen LogP contribution in [-0.4, -0.2) is 18.1 Å². The number of nitrogens with zero attached hydrogens (tertiary/aromatic N) is 2. The highest BCUT2D eigenvalue weighted by atomic mass is 32.2. The fourth-order valence-electron chi connectivity index (χ4n) is 3.23. The van der Waals surface area contributed by atoms with Gasteiger partial charge in [-0.25, -0.2) is 0 Å². The number of rotatable bonds is 4. The summed E-state index contributed by atoms with van der Waals surface area (Å²) >= 11 is 1.18. The molecule has 1 heterocycles. The normalized spacial score (nSPS) is 22.5. The van der Waals surface area contributed by atoms with Crippen LogP contribution in [0.1, 0.15) is 22.3 Å². The van der Waals surface area contributed by atoms with Gasteiger partial charge in [0, 0.05) is 4.92 Å². The van der Waals surface area contributed by atoms with Crippen LogP contribution >= 0.6 is 11.8 Å². The molecule has 1 aliphatic rings. The number of nitro groups is 1. The van der Waals surface area contributed by atoms with E-state index in [0.29, 0.717) is 16.3 Å². The lowest BCUT2D eigenvalue weighted by Crippen LogP contribution is -2.37. The molecule has 1 aliphatic heterocycles. The number of benzene rings is 2. The van der Waals surface area contributed by atoms with Gasteiger partial charge in [0.15, 0.2) is 0 Å². The third kappa shape index (κ3) is 3.24. The van der Waals surface area contributed by atoms with Gasteiger partial charge in [-0.3, -0.25) is 10.1 Å². The standard InChI is InChI=1S/C19H17N3O3S/c1-25-14-9-5-8-13(10-14)16-15(11-20)19(21)26-18(17(16)22(23)24)12-6-3-2-4-7-12/h2-10,16-18H,21H2,1H3/t16-,17+,18+/m0/s1. The van der Waals surface area contributed by atoms with Crippen molar-refractivity contribution in [1.29, 1.82) is 5.26 Å². The molecular formula is C19H17N3O3S. The summed E-state index contributed by atoms with van der Waals surface area (Å²) in [5.74, 6) is -0.161. The lowest BCUT2D eigenvalue weighted by atomic mass is 9.82. The van der Waals surface area contributed by atoms with Crippen molar-refractivity contribution < 1.29 is 9.66 Å². The molecular weight excluding hydrogens is 350 g/mol. The lowest BCUT2D eigenvalue weighted by molar-refractivity contribution is -0.525. The predicted octanol–water partition coefficient (Wildman–Crippen LogP) is 3.61. The highest BCUT2D eigenvalue weighted by Gasteiger charge is 2.48. The summed E-state index contributed by atoms with van der Waals surface area (Å²) in [6.07, 6.45) is 0. The van der Waals surface area contributed by atoms with Gasteiger partial charge in [0.25, 0.3) is 0 Å². The Morgan fingerprint density at radius 1 is 1.19 bits per heavy atom. The minimum atomic E-state index is -1.02. The maximum absolute atomic E-state index is 12.0. The van der Waals surface area contributed by atoms with E-state index < -0.39 is 17.2 Å². The molecule has 0 spiro atoms. The molecule has 26 heavy (non-hydrogen) atoms. The summed E-state index contributed by atoms with van der Waals surface area (Å²) in [5, 5.41) is 21.5. The molecule has 0 aliphatic carbocycles. The second-order valence-corrected chi connectivity index (χ2v) is 7.05. The zero-order valence-electron chi connectivity index (χ0n) is 14.0. The van der Waals surface area contributed by atoms with E-state index in [2.05, 4.69) is 6.07 Å². The van der Waals surface area contributed by atoms with Crippen molar-refractivity contribution in [2.24, 2.45) is 5.73 Å². The van der Waals surface area contributed by atoms with E-state index in [4.69, 9.17) is 10.5 Å². The lowest BCUT2D eigenvalue weighted by Gasteiger charge is -2.32. The monoisotopic (exact) mass is 367 g/mol. The van der Waals surface area contributed by atoms with Crippen molar-refractivity contribution in [2.45, 2.75) is 17.2 Å². The SMILES string of the molecule is COc1cccc([C@H]2C(C#N)=C(N)S[C@H](c3ccccc3)[C@@H]2[N+](=O)[O-])c1. The molecule has 0 unspecified atom stereocenters. The molecule has 0 aromatic heterocycles. The zero-order valence-corrected chi connectivity index (χ0v) is 14.8. The van der Waals surface area contributed by atoms with E-state index in [1.54, 1.807) is 24.3 Å². The van der Waals surface area contributed by atoms with Crippen molar-refractivity contribution in [3.05, 3.63) is 86.4 Å². The minimum absolute atomic E-state index is 0.233. The van der Waals surface area contributed by atoms with Crippen LogP contribution in [0.25, 0.3) is 0 Å². The molecule has 2 aromatic rings. The van der Waals surface area contributed by atoms with Crippen molar-refractivity contribution in [3.8, 4) is 11.8 Å². The van der Waals surface area contributed by atoms with Gasteiger partial charge in [-0.2, -0.15) is 5.26 Å². The maximum atomic E-state index is 12.0. The summed E-state index contributed by atoms with van der Waals surface area (Å²) in [4.78, 5) is 11.7. The number of methoxy groups -OCH3 is 1. The van der Waals surface area contributed by atoms with Crippen LogP contribution in [0, 0.1) is 21.4 Å². The zero-order chi connectivity index (χ0) is 18.7. The van der Waals surface area contributed by atoms with Crippen molar-refractivity contribution >= 4 is 11.8 Å². The Balaban J connectivity index is 2.18. The van der Waals surface area contributed by atoms with Gasteiger partial charge in [0.1, 0.15) is 11.0 Å². The largest absolute Gasteiger partial charge is 0.497 e. The highest BCUT2D eigenvalue weighted by molar-refractivity contribution is 8.03. The fraction of sp³-hybridized carbons (Fsp3) is 0.211. The van der Waals surface area contributed by atoms with Gasteiger partial charge < -0.3 is 10.5 Å². The number of hydrogen-bond acceptors (Lipinski definition) is 6. The number of nitriles is 1. The van der Waals surface area contributed by atoms with E-state index in [1.165, 1.54) is 18.9 Å². The van der Waals surface area contributed by atoms with Crippen LogP contribution in [0.2, 0.25) is 0 Å². The molecule has 0 radical (unpaired) electrons. The van der Waals surface area contributed by atoms with Crippen LogP contribution in [0.3, 0.4) is 0 Å². The predicted molar refractivity (Wildman–Crippen MR) is 100 cm³/mol. The Labute approximate surface area is 155 Å². The molecule has 0 saturated carbocycles. The molecule has 6 nitrogen and oxygen atoms in total. The second-order valence-electron chi connectivity index (χ2n) is 5.87. The summed E-state index contributed by atoms with van der Waals surface area (Å²) < 4.78 is 5.24. The maximum Gasteiger partial charge on any atom is 0.240 e. The highest BCUT2D eigenvalue weighted by Crippen LogP contribution is 2.50. The van der Waals surface area contributed by atoms with E-state index in [-0.39, 0.29) is 10.5 Å². The third-order valence-electron chi connectivity index (χ3n) is 4.43. The molecule has 3 rings (SSSR count). The average Bonchev–Trinajstić information content (AvgIpc) is 2.67. The van der Waals surface area contributed by atoms with Gasteiger partial charge in [0.05, 0.1) is 29.7 Å². The Bertz CT molecular complexity index is 892. The van der Waals surface area contributed by atoms with Gasteiger partial charge in [-0.05, 0) is 23.3 Å². The Kier molecular flexibility index (Phi) is 5.14. The van der Waals surface area contributed by atoms with Crippen molar-refractivity contribution in [1.82, 2.24) is 0 Å². The molecule has 0 saturated heterocycles. The number of thioether (sulfide) groups is 1. The van der Waals surface area contributed by atoms with Gasteiger partial charge in [-0.15, -0.1) is 0 Å². The summed E-state index contributed by atoms with van der Waals surface area (Å²) in [7, 11) is 1.53. The number of ether oxygens (including phenoxy) is 1.